The molecule has 4 nitrogen and oxygen atoms in total. The fourth-order valence-corrected chi connectivity index (χ4v) is 7.35. The van der Waals surface area contributed by atoms with Gasteiger partial charge in [-0.25, -0.2) is 4.79 Å². The van der Waals surface area contributed by atoms with Crippen LogP contribution in [-0.4, -0.2) is 29.4 Å². The number of aryl methyl sites for hydroxylation is 2. The molecule has 0 radical (unpaired) electrons. The van der Waals surface area contributed by atoms with Crippen LogP contribution < -0.4 is 4.90 Å². The van der Waals surface area contributed by atoms with E-state index in [1.165, 1.54) is 18.9 Å². The summed E-state index contributed by atoms with van der Waals surface area (Å²) < 4.78 is 6.03. The number of thiocarbonyl (C=S) groups is 1. The number of carbonyl (C=O) groups excluding carboxylic acids is 2. The lowest BCUT2D eigenvalue weighted by molar-refractivity contribution is -0.135. The van der Waals surface area contributed by atoms with E-state index in [9.17, 15) is 9.59 Å². The Hall–Kier alpha value is -2.35. The van der Waals surface area contributed by atoms with Crippen molar-refractivity contribution in [2.75, 3.05) is 12.0 Å². The van der Waals surface area contributed by atoms with Crippen molar-refractivity contribution in [3.05, 3.63) is 73.9 Å². The molecule has 0 bridgehead atoms. The van der Waals surface area contributed by atoms with E-state index in [0.717, 1.165) is 42.7 Å². The number of ether oxygens (including phenoxy) is 1. The Morgan fingerprint density at radius 1 is 1.03 bits per heavy atom. The number of nitrogens with zero attached hydrogens (tertiary/aromatic N) is 1. The molecular weight excluding hydrogens is 470 g/mol. The van der Waals surface area contributed by atoms with Crippen molar-refractivity contribution in [1.29, 1.82) is 0 Å². The van der Waals surface area contributed by atoms with E-state index in [1.807, 2.05) is 51.1 Å². The number of thioether (sulfide) groups is 2. The van der Waals surface area contributed by atoms with Crippen LogP contribution in [0.1, 0.15) is 43.0 Å². The van der Waals surface area contributed by atoms with Gasteiger partial charge in [-0.3, -0.25) is 4.79 Å². The van der Waals surface area contributed by atoms with Crippen molar-refractivity contribution in [1.82, 2.24) is 0 Å². The minimum absolute atomic E-state index is 0.0546. The number of esters is 1. The topological polar surface area (TPSA) is 46.6 Å². The monoisotopic (exact) mass is 495 g/mol. The highest BCUT2D eigenvalue weighted by molar-refractivity contribution is 8.32. The van der Waals surface area contributed by atoms with Crippen molar-refractivity contribution in [3.8, 4) is 0 Å². The van der Waals surface area contributed by atoms with Crippen LogP contribution >= 0.6 is 35.7 Å². The van der Waals surface area contributed by atoms with Gasteiger partial charge in [0.1, 0.15) is 4.91 Å². The van der Waals surface area contributed by atoms with E-state index < -0.39 is 5.54 Å². The normalized spacial score (nSPS) is 19.6. The van der Waals surface area contributed by atoms with Gasteiger partial charge in [-0.15, -0.1) is 0 Å². The highest BCUT2D eigenvalue weighted by Crippen LogP contribution is 2.58. The number of hydrogen-bond acceptors (Lipinski definition) is 6. The standard InChI is InChI=1S/C26H25NO3S3/c1-14-12-18-19(13-15(14)2)27(16(3)28)26(4,5)23(31)20(18)25-32-21(17-10-8-7-9-11-17)22(33-25)24(29)30-6/h7-13H,1-6H3/b25-20-. The van der Waals surface area contributed by atoms with Gasteiger partial charge in [0.25, 0.3) is 0 Å². The Balaban J connectivity index is 1.97. The molecule has 1 amide bonds. The number of anilines is 1. The maximum Gasteiger partial charge on any atom is 0.345 e. The van der Waals surface area contributed by atoms with Crippen LogP contribution in [0.2, 0.25) is 0 Å². The van der Waals surface area contributed by atoms with Crippen molar-refractivity contribution >= 4 is 68.6 Å². The van der Waals surface area contributed by atoms with Crippen molar-refractivity contribution < 1.29 is 14.3 Å². The van der Waals surface area contributed by atoms with E-state index in [4.69, 9.17) is 17.0 Å². The third-order valence-electron chi connectivity index (χ3n) is 5.99. The quantitative estimate of drug-likeness (QED) is 0.269. The zero-order valence-electron chi connectivity index (χ0n) is 19.4. The second-order valence-electron chi connectivity index (χ2n) is 8.58. The molecule has 2 heterocycles. The first-order valence-corrected chi connectivity index (χ1v) is 12.6. The number of benzene rings is 2. The summed E-state index contributed by atoms with van der Waals surface area (Å²) in [5.41, 5.74) is 5.17. The zero-order valence-corrected chi connectivity index (χ0v) is 21.9. The number of amides is 1. The summed E-state index contributed by atoms with van der Waals surface area (Å²) in [4.78, 5) is 29.3. The first kappa shape index (κ1) is 23.8. The van der Waals surface area contributed by atoms with E-state index >= 15 is 0 Å². The van der Waals surface area contributed by atoms with E-state index in [0.29, 0.717) is 9.77 Å². The minimum atomic E-state index is -0.694. The third-order valence-corrected chi connectivity index (χ3v) is 9.32. The molecule has 0 aliphatic carbocycles. The first-order valence-electron chi connectivity index (χ1n) is 10.5. The first-order chi connectivity index (χ1) is 15.6. The summed E-state index contributed by atoms with van der Waals surface area (Å²) in [5, 5.41) is 0. The fraction of sp³-hybridized carbons (Fsp3) is 0.269. The molecule has 0 fully saturated rings. The van der Waals surface area contributed by atoms with Crippen LogP contribution in [0.4, 0.5) is 5.69 Å². The Bertz CT molecular complexity index is 1260. The molecule has 2 aromatic rings. The lowest BCUT2D eigenvalue weighted by atomic mass is 9.82. The lowest BCUT2D eigenvalue weighted by Gasteiger charge is -2.45. The molecule has 0 spiro atoms. The molecule has 2 aliphatic rings. The summed E-state index contributed by atoms with van der Waals surface area (Å²) >= 11 is 8.96. The van der Waals surface area contributed by atoms with Gasteiger partial charge in [-0.1, -0.05) is 66.1 Å². The number of rotatable bonds is 2. The summed E-state index contributed by atoms with van der Waals surface area (Å²) in [5.74, 6) is -0.422. The van der Waals surface area contributed by atoms with Gasteiger partial charge in [-0.05, 0) is 56.5 Å². The second-order valence-corrected chi connectivity index (χ2v) is 11.3. The molecule has 0 atom stereocenters. The molecule has 4 rings (SSSR count). The summed E-state index contributed by atoms with van der Waals surface area (Å²) in [7, 11) is 1.40. The molecular formula is C26H25NO3S3. The lowest BCUT2D eigenvalue weighted by Crippen LogP contribution is -2.55. The largest absolute Gasteiger partial charge is 0.465 e. The molecule has 0 saturated carbocycles. The molecule has 2 aliphatic heterocycles. The zero-order chi connectivity index (χ0) is 24.1. The van der Waals surface area contributed by atoms with Gasteiger partial charge in [0.2, 0.25) is 5.91 Å². The third kappa shape index (κ3) is 3.96. The van der Waals surface area contributed by atoms with Gasteiger partial charge in [0.15, 0.2) is 0 Å². The predicted octanol–water partition coefficient (Wildman–Crippen LogP) is 6.51. The van der Waals surface area contributed by atoms with Crippen LogP contribution in [0.3, 0.4) is 0 Å². The van der Waals surface area contributed by atoms with Gasteiger partial charge in [0.05, 0.1) is 27.4 Å². The Morgan fingerprint density at radius 2 is 1.67 bits per heavy atom. The number of hydrogen-bond donors (Lipinski definition) is 0. The Morgan fingerprint density at radius 3 is 2.27 bits per heavy atom. The average Bonchev–Trinajstić information content (AvgIpc) is 3.21. The maximum absolute atomic E-state index is 12.7. The number of fused-ring (bicyclic) bond motifs is 1. The Labute approximate surface area is 208 Å². The van der Waals surface area contributed by atoms with Gasteiger partial charge < -0.3 is 9.64 Å². The number of carbonyl (C=O) groups is 2. The van der Waals surface area contributed by atoms with E-state index in [1.54, 1.807) is 23.6 Å². The Kier molecular flexibility index (Phi) is 6.33. The maximum atomic E-state index is 12.7. The second kappa shape index (κ2) is 8.78. The van der Waals surface area contributed by atoms with Crippen molar-refractivity contribution in [3.63, 3.8) is 0 Å². The van der Waals surface area contributed by atoms with Crippen molar-refractivity contribution in [2.45, 2.75) is 40.2 Å². The summed E-state index contributed by atoms with van der Waals surface area (Å²) in [6, 6.07) is 14.0. The smallest absolute Gasteiger partial charge is 0.345 e. The van der Waals surface area contributed by atoms with Crippen LogP contribution in [0.25, 0.3) is 10.5 Å². The van der Waals surface area contributed by atoms with Crippen LogP contribution in [0, 0.1) is 13.8 Å². The highest BCUT2D eigenvalue weighted by Gasteiger charge is 2.44. The molecule has 0 unspecified atom stereocenters. The van der Waals surface area contributed by atoms with E-state index in [2.05, 4.69) is 19.1 Å². The highest BCUT2D eigenvalue weighted by atomic mass is 32.2. The fourth-order valence-electron chi connectivity index (χ4n) is 4.19. The molecule has 170 valence electrons. The predicted molar refractivity (Wildman–Crippen MR) is 143 cm³/mol. The summed E-state index contributed by atoms with van der Waals surface area (Å²) in [6.07, 6.45) is 0. The molecule has 0 aromatic heterocycles. The molecule has 0 saturated heterocycles. The minimum Gasteiger partial charge on any atom is -0.465 e. The average molecular weight is 496 g/mol. The van der Waals surface area contributed by atoms with Crippen LogP contribution in [0.15, 0.2) is 51.6 Å². The van der Waals surface area contributed by atoms with Gasteiger partial charge in [-0.2, -0.15) is 0 Å². The van der Waals surface area contributed by atoms with Gasteiger partial charge >= 0.3 is 5.97 Å². The molecule has 2 aromatic carbocycles. The molecule has 33 heavy (non-hydrogen) atoms. The van der Waals surface area contributed by atoms with Crippen molar-refractivity contribution in [2.24, 2.45) is 0 Å². The molecule has 7 heteroatoms. The SMILES string of the molecule is COC(=O)C1=C(c2ccccc2)S/C(=C2/C(=S)C(C)(C)N(C(C)=O)c3cc(C)c(C)cc32)S1. The molecule has 0 N–H and O–H groups in total. The van der Waals surface area contributed by atoms with Gasteiger partial charge in [0, 0.05) is 23.0 Å². The number of methoxy groups -OCH3 is 1. The van der Waals surface area contributed by atoms with Crippen LogP contribution in [0.5, 0.6) is 0 Å². The van der Waals surface area contributed by atoms with Crippen LogP contribution in [-0.2, 0) is 14.3 Å². The summed E-state index contributed by atoms with van der Waals surface area (Å²) in [6.45, 7) is 9.63. The van der Waals surface area contributed by atoms with E-state index in [-0.39, 0.29) is 11.9 Å².